The molecule has 16 heteroatoms. The fourth-order valence-electron chi connectivity index (χ4n) is 13.6. The molecule has 0 radical (unpaired) electrons. The van der Waals surface area contributed by atoms with Crippen molar-refractivity contribution in [2.75, 3.05) is 13.2 Å². The normalized spacial score (nSPS) is 32.5. The van der Waals surface area contributed by atoms with Crippen LogP contribution in [0.1, 0.15) is 199 Å². The first-order valence-electron chi connectivity index (χ1n) is 31.1. The molecule has 1 unspecified atom stereocenters. The van der Waals surface area contributed by atoms with Crippen LogP contribution in [0.25, 0.3) is 0 Å². The summed E-state index contributed by atoms with van der Waals surface area (Å²) in [5.41, 5.74) is -1.09. The van der Waals surface area contributed by atoms with E-state index in [4.69, 9.17) is 61.3 Å². The minimum Gasteiger partial charge on any atom is -0.414 e. The highest BCUT2D eigenvalue weighted by molar-refractivity contribution is 6.74. The molecule has 5 aliphatic rings. The number of rotatable bonds is 25. The Bertz CT molecular complexity index is 2450. The second-order valence-electron chi connectivity index (χ2n) is 29.2. The lowest BCUT2D eigenvalue weighted by Gasteiger charge is -2.51. The fraction of sp³-hybridized carbons (Fsp3) is 0.791. The Morgan fingerprint density at radius 3 is 1.55 bits per heavy atom. The van der Waals surface area contributed by atoms with E-state index in [0.717, 1.165) is 30.4 Å². The fourth-order valence-corrected chi connectivity index (χ4v) is 15.0. The summed E-state index contributed by atoms with van der Waals surface area (Å²) < 4.78 is 86.8. The largest absolute Gasteiger partial charge is 0.414 e. The molecule has 12 atom stereocenters. The summed E-state index contributed by atoms with van der Waals surface area (Å²) in [6, 6.07) is 25.8. The van der Waals surface area contributed by atoms with E-state index in [1.165, 1.54) is 0 Å². The molecule has 83 heavy (non-hydrogen) atoms. The molecule has 0 saturated carbocycles. The molecule has 0 aromatic heterocycles. The Morgan fingerprint density at radius 2 is 1.05 bits per heavy atom. The standard InChI is InChI=1S/C67H106N2O13Si/c1-47(2)58(71-43-50-27-23-20-24-28-50)48(3)29-30-52(79-83(17,18)59(4,5)6)34-54-36-65(44-68,81-63(13,14)77-54)40-57-41-66(45-69,82-64(15,16)78-57)37-55-35-56(76-62(11,12)75-55)39-67(46-72-60(7,8)80-67)38-53-33-51(73-61(9,10)74-53)31-32-70-42-49-25-21-19-22-26-49/h19-28,47-48,51-58H,29-43,46H2,1-18H3/t48-,51+,52-,53-,54-,55+,56+,57+,58-,65+,66+,67?/m0/s1. The molecule has 0 spiro atoms. The topological polar surface area (TPSA) is 168 Å². The summed E-state index contributed by atoms with van der Waals surface area (Å²) >= 11 is 0. The average molecular weight is 1180 g/mol. The van der Waals surface area contributed by atoms with Crippen molar-refractivity contribution in [1.29, 1.82) is 10.5 Å². The van der Waals surface area contributed by atoms with Gasteiger partial charge in [-0.2, -0.15) is 10.5 Å². The molecule has 5 heterocycles. The predicted molar refractivity (Wildman–Crippen MR) is 321 cm³/mol. The molecular weight excluding hydrogens is 1070 g/mol. The summed E-state index contributed by atoms with van der Waals surface area (Å²) in [6.45, 7) is 39.3. The number of nitrogens with zero attached hydrogens (tertiary/aromatic N) is 2. The van der Waals surface area contributed by atoms with Gasteiger partial charge in [-0.3, -0.25) is 0 Å². The molecule has 7 rings (SSSR count). The van der Waals surface area contributed by atoms with Gasteiger partial charge in [0, 0.05) is 64.1 Å². The van der Waals surface area contributed by atoms with Crippen LogP contribution < -0.4 is 0 Å². The quantitative estimate of drug-likeness (QED) is 0.0680. The monoisotopic (exact) mass is 1170 g/mol. The van der Waals surface area contributed by atoms with Gasteiger partial charge in [0.2, 0.25) is 0 Å². The van der Waals surface area contributed by atoms with Crippen molar-refractivity contribution in [1.82, 2.24) is 0 Å². The van der Waals surface area contributed by atoms with E-state index in [-0.39, 0.29) is 66.8 Å². The lowest BCUT2D eigenvalue weighted by atomic mass is 9.80. The zero-order valence-electron chi connectivity index (χ0n) is 54.1. The predicted octanol–water partition coefficient (Wildman–Crippen LogP) is 14.5. The molecular formula is C67H106N2O13Si. The van der Waals surface area contributed by atoms with Crippen molar-refractivity contribution in [3.8, 4) is 12.1 Å². The smallest absolute Gasteiger partial charge is 0.192 e. The molecule has 5 fully saturated rings. The van der Waals surface area contributed by atoms with Gasteiger partial charge in [0.25, 0.3) is 0 Å². The maximum atomic E-state index is 11.3. The van der Waals surface area contributed by atoms with Gasteiger partial charge >= 0.3 is 0 Å². The number of benzene rings is 2. The van der Waals surface area contributed by atoms with E-state index in [0.29, 0.717) is 70.9 Å². The van der Waals surface area contributed by atoms with E-state index in [2.05, 4.69) is 103 Å². The van der Waals surface area contributed by atoms with Crippen molar-refractivity contribution < 1.29 is 61.3 Å². The third kappa shape index (κ3) is 19.6. The molecule has 0 amide bonds. The van der Waals surface area contributed by atoms with Gasteiger partial charge in [-0.1, -0.05) is 102 Å². The minimum atomic E-state index is -2.26. The van der Waals surface area contributed by atoms with Crippen LogP contribution in [0, 0.1) is 34.5 Å². The van der Waals surface area contributed by atoms with Crippen molar-refractivity contribution in [3.63, 3.8) is 0 Å². The van der Waals surface area contributed by atoms with Gasteiger partial charge in [0.05, 0.1) is 80.3 Å². The number of ether oxygens (including phenoxy) is 12. The molecule has 466 valence electrons. The van der Waals surface area contributed by atoms with Crippen molar-refractivity contribution >= 4 is 8.32 Å². The Balaban J connectivity index is 1.04. The number of nitriles is 2. The van der Waals surface area contributed by atoms with Gasteiger partial charge in [-0.05, 0) is 136 Å². The van der Waals surface area contributed by atoms with Gasteiger partial charge in [-0.15, -0.1) is 0 Å². The summed E-state index contributed by atoms with van der Waals surface area (Å²) in [6.07, 6.45) is 4.17. The summed E-state index contributed by atoms with van der Waals surface area (Å²) in [5.74, 6) is -4.32. The Hall–Kier alpha value is -2.88. The highest BCUT2D eigenvalue weighted by Crippen LogP contribution is 2.49. The molecule has 0 aliphatic carbocycles. The van der Waals surface area contributed by atoms with E-state index >= 15 is 0 Å². The first-order valence-corrected chi connectivity index (χ1v) is 34.0. The van der Waals surface area contributed by atoms with E-state index < -0.39 is 66.3 Å². The molecule has 0 bridgehead atoms. The zero-order valence-corrected chi connectivity index (χ0v) is 55.1. The second kappa shape index (κ2) is 26.8. The van der Waals surface area contributed by atoms with Gasteiger partial charge in [-0.25, -0.2) is 0 Å². The second-order valence-corrected chi connectivity index (χ2v) is 34.0. The van der Waals surface area contributed by atoms with Gasteiger partial charge in [0.1, 0.15) is 0 Å². The van der Waals surface area contributed by atoms with Crippen LogP contribution in [-0.2, 0) is 74.5 Å². The Kier molecular flexibility index (Phi) is 21.9. The van der Waals surface area contributed by atoms with Gasteiger partial charge < -0.3 is 61.3 Å². The lowest BCUT2D eigenvalue weighted by molar-refractivity contribution is -0.355. The zero-order chi connectivity index (χ0) is 60.9. The van der Waals surface area contributed by atoms with Crippen LogP contribution in [0.15, 0.2) is 60.7 Å². The molecule has 0 N–H and O–H groups in total. The van der Waals surface area contributed by atoms with Crippen LogP contribution in [0.2, 0.25) is 18.1 Å². The van der Waals surface area contributed by atoms with E-state index in [9.17, 15) is 10.5 Å². The summed E-state index contributed by atoms with van der Waals surface area (Å²) in [5, 5.41) is 22.6. The third-order valence-electron chi connectivity index (χ3n) is 17.6. The number of hydrogen-bond donors (Lipinski definition) is 0. The average Bonchev–Trinajstić information content (AvgIpc) is 2.93. The maximum Gasteiger partial charge on any atom is 0.192 e. The van der Waals surface area contributed by atoms with E-state index in [1.54, 1.807) is 0 Å². The van der Waals surface area contributed by atoms with Gasteiger partial charge in [0.15, 0.2) is 48.5 Å². The lowest BCUT2D eigenvalue weighted by Crippen LogP contribution is -2.58. The minimum absolute atomic E-state index is 0.0179. The van der Waals surface area contributed by atoms with Crippen molar-refractivity contribution in [3.05, 3.63) is 71.8 Å². The van der Waals surface area contributed by atoms with Crippen molar-refractivity contribution in [2.45, 2.75) is 314 Å². The Labute approximate surface area is 500 Å². The highest BCUT2D eigenvalue weighted by atomic mass is 28.4. The third-order valence-corrected chi connectivity index (χ3v) is 22.1. The van der Waals surface area contributed by atoms with Crippen LogP contribution in [-0.4, -0.2) is 116 Å². The highest BCUT2D eigenvalue weighted by Gasteiger charge is 2.56. The molecule has 5 aliphatic heterocycles. The molecule has 15 nitrogen and oxygen atoms in total. The molecule has 5 saturated heterocycles. The summed E-state index contributed by atoms with van der Waals surface area (Å²) in [7, 11) is -2.26. The summed E-state index contributed by atoms with van der Waals surface area (Å²) in [4.78, 5) is 0. The van der Waals surface area contributed by atoms with Crippen LogP contribution in [0.3, 0.4) is 0 Å². The van der Waals surface area contributed by atoms with Crippen LogP contribution in [0.4, 0.5) is 0 Å². The Morgan fingerprint density at radius 1 is 0.578 bits per heavy atom. The maximum absolute atomic E-state index is 11.3. The van der Waals surface area contributed by atoms with Crippen molar-refractivity contribution in [2.24, 2.45) is 11.8 Å². The first kappa shape index (κ1) is 67.6. The molecule has 2 aromatic carbocycles. The van der Waals surface area contributed by atoms with Crippen LogP contribution >= 0.6 is 0 Å². The molecule has 2 aromatic rings. The van der Waals surface area contributed by atoms with E-state index in [1.807, 2.05) is 93.5 Å². The van der Waals surface area contributed by atoms with Crippen LogP contribution in [0.5, 0.6) is 0 Å². The first-order chi connectivity index (χ1) is 38.5. The SMILES string of the molecule is CC(C)[C@H](OCc1ccccc1)[C@@H](C)CC[C@@H](C[C@H]1C[C@](C#N)(C[C@@H]2C[C@@](C#N)(C[C@H]3C[C@H](CC4(C[C@@H]5C[C@@H](CCOCc6ccccc6)OC(C)(C)O5)COC(C)(C)O4)OC(C)(C)O3)OC(C)(C)O2)OC(C)(C)O1)O[Si](C)(C)C(C)(C)C. The number of hydrogen-bond acceptors (Lipinski definition) is 15.